The van der Waals surface area contributed by atoms with Crippen molar-refractivity contribution in [1.82, 2.24) is 9.29 Å². The number of sulfonamides is 1. The lowest BCUT2D eigenvalue weighted by Crippen LogP contribution is -2.35. The van der Waals surface area contributed by atoms with E-state index >= 15 is 0 Å². The van der Waals surface area contributed by atoms with Crippen molar-refractivity contribution in [2.24, 2.45) is 0 Å². The second-order valence-corrected chi connectivity index (χ2v) is 9.97. The molecule has 0 aliphatic carbocycles. The first-order valence-corrected chi connectivity index (χ1v) is 12.2. The highest BCUT2D eigenvalue weighted by Gasteiger charge is 2.26. The summed E-state index contributed by atoms with van der Waals surface area (Å²) in [6, 6.07) is 15.1. The van der Waals surface area contributed by atoms with Crippen LogP contribution in [0.3, 0.4) is 0 Å². The van der Waals surface area contributed by atoms with Gasteiger partial charge in [0, 0.05) is 29.6 Å². The Labute approximate surface area is 185 Å². The van der Waals surface area contributed by atoms with Gasteiger partial charge in [0.1, 0.15) is 0 Å². The number of amides is 1. The van der Waals surface area contributed by atoms with Crippen molar-refractivity contribution in [3.05, 3.63) is 65.0 Å². The van der Waals surface area contributed by atoms with E-state index < -0.39 is 10.0 Å². The third-order valence-corrected chi connectivity index (χ3v) is 7.77. The zero-order chi connectivity index (χ0) is 21.8. The van der Waals surface area contributed by atoms with E-state index in [-0.39, 0.29) is 10.8 Å². The Hall–Kier alpha value is -3.06. The highest BCUT2D eigenvalue weighted by molar-refractivity contribution is 7.89. The lowest BCUT2D eigenvalue weighted by Gasteiger charge is -2.25. The number of thiazole rings is 1. The molecule has 2 aromatic carbocycles. The van der Waals surface area contributed by atoms with Crippen molar-refractivity contribution in [1.29, 1.82) is 5.26 Å². The monoisotopic (exact) mass is 452 g/mol. The van der Waals surface area contributed by atoms with E-state index in [0.717, 1.165) is 24.8 Å². The van der Waals surface area contributed by atoms with Crippen molar-refractivity contribution in [3.63, 3.8) is 0 Å². The molecule has 7 nitrogen and oxygen atoms in total. The van der Waals surface area contributed by atoms with Crippen molar-refractivity contribution in [2.75, 3.05) is 18.4 Å². The highest BCUT2D eigenvalue weighted by Crippen LogP contribution is 2.26. The fourth-order valence-electron chi connectivity index (χ4n) is 3.38. The van der Waals surface area contributed by atoms with Crippen LogP contribution in [0.15, 0.2) is 58.8 Å². The topological polar surface area (TPSA) is 103 Å². The number of nitriles is 1. The van der Waals surface area contributed by atoms with Gasteiger partial charge >= 0.3 is 0 Å². The van der Waals surface area contributed by atoms with Crippen LogP contribution in [0.4, 0.5) is 5.13 Å². The maximum atomic E-state index is 12.7. The normalized spacial score (nSPS) is 14.7. The van der Waals surface area contributed by atoms with Crippen molar-refractivity contribution >= 4 is 32.4 Å². The fourth-order valence-corrected chi connectivity index (χ4v) is 5.61. The summed E-state index contributed by atoms with van der Waals surface area (Å²) in [6.45, 7) is 1.08. The summed E-state index contributed by atoms with van der Waals surface area (Å²) in [6.07, 6.45) is 2.80. The number of carbonyl (C=O) groups is 1. The quantitative estimate of drug-likeness (QED) is 0.627. The number of anilines is 1. The second kappa shape index (κ2) is 8.98. The molecule has 9 heteroatoms. The number of nitrogens with one attached hydrogen (secondary N) is 1. The van der Waals surface area contributed by atoms with Gasteiger partial charge in [-0.05, 0) is 49.2 Å². The third-order valence-electron chi connectivity index (χ3n) is 5.10. The van der Waals surface area contributed by atoms with E-state index in [0.29, 0.717) is 35.0 Å². The molecule has 0 radical (unpaired) electrons. The summed E-state index contributed by atoms with van der Waals surface area (Å²) >= 11 is 1.29. The molecule has 1 fully saturated rings. The Morgan fingerprint density at radius 2 is 1.71 bits per heavy atom. The summed E-state index contributed by atoms with van der Waals surface area (Å²) in [7, 11) is -3.52. The molecule has 0 atom stereocenters. The number of benzene rings is 2. The lowest BCUT2D eigenvalue weighted by atomic mass is 10.1. The predicted octanol–water partition coefficient (Wildman–Crippen LogP) is 4.11. The molecule has 2 heterocycles. The van der Waals surface area contributed by atoms with E-state index in [9.17, 15) is 13.2 Å². The second-order valence-electron chi connectivity index (χ2n) is 7.17. The van der Waals surface area contributed by atoms with Gasteiger partial charge < -0.3 is 0 Å². The molecule has 0 bridgehead atoms. The molecule has 0 spiro atoms. The zero-order valence-electron chi connectivity index (χ0n) is 16.6. The van der Waals surface area contributed by atoms with Gasteiger partial charge in [0.15, 0.2) is 5.13 Å². The molecule has 1 aliphatic heterocycles. The molecule has 0 saturated carbocycles. The molecule has 4 rings (SSSR count). The van der Waals surface area contributed by atoms with Crippen LogP contribution in [-0.4, -0.2) is 36.7 Å². The molecule has 1 aromatic heterocycles. The maximum Gasteiger partial charge on any atom is 0.257 e. The molecule has 1 amide bonds. The molecule has 1 aliphatic rings. The third kappa shape index (κ3) is 4.66. The predicted molar refractivity (Wildman–Crippen MR) is 119 cm³/mol. The average Bonchev–Trinajstić information content (AvgIpc) is 3.28. The first kappa shape index (κ1) is 21.2. The number of piperidine rings is 1. The summed E-state index contributed by atoms with van der Waals surface area (Å²) in [5.74, 6) is -0.359. The van der Waals surface area contributed by atoms with Crippen LogP contribution in [-0.2, 0) is 10.0 Å². The molecule has 0 unspecified atom stereocenters. The van der Waals surface area contributed by atoms with Gasteiger partial charge in [0.2, 0.25) is 10.0 Å². The van der Waals surface area contributed by atoms with Crippen LogP contribution < -0.4 is 5.32 Å². The summed E-state index contributed by atoms with van der Waals surface area (Å²) in [5.41, 5.74) is 2.47. The Kier molecular flexibility index (Phi) is 6.13. The Bertz CT molecular complexity index is 1220. The molecule has 158 valence electrons. The van der Waals surface area contributed by atoms with Crippen LogP contribution in [0.5, 0.6) is 0 Å². The van der Waals surface area contributed by atoms with Crippen molar-refractivity contribution in [2.45, 2.75) is 24.2 Å². The minimum atomic E-state index is -3.52. The minimum Gasteiger partial charge on any atom is -0.298 e. The number of aromatic nitrogens is 1. The van der Waals surface area contributed by atoms with E-state index in [1.165, 1.54) is 39.9 Å². The van der Waals surface area contributed by atoms with Crippen LogP contribution in [0, 0.1) is 11.3 Å². The molecular formula is C22H20N4O3S2. The van der Waals surface area contributed by atoms with Crippen LogP contribution in [0.1, 0.15) is 35.2 Å². The van der Waals surface area contributed by atoms with Crippen molar-refractivity contribution in [3.8, 4) is 17.3 Å². The highest BCUT2D eigenvalue weighted by atomic mass is 32.2. The summed E-state index contributed by atoms with van der Waals surface area (Å²) in [5, 5.41) is 13.9. The Balaban J connectivity index is 1.44. The number of carbonyl (C=O) groups excluding carboxylic acids is 1. The van der Waals surface area contributed by atoms with Crippen LogP contribution >= 0.6 is 11.3 Å². The van der Waals surface area contributed by atoms with E-state index in [2.05, 4.69) is 16.4 Å². The Morgan fingerprint density at radius 1 is 1.03 bits per heavy atom. The molecule has 3 aromatic rings. The zero-order valence-corrected chi connectivity index (χ0v) is 18.2. The van der Waals surface area contributed by atoms with Crippen LogP contribution in [0.25, 0.3) is 11.3 Å². The van der Waals surface area contributed by atoms with E-state index in [1.807, 2.05) is 5.38 Å². The largest absolute Gasteiger partial charge is 0.298 e. The number of rotatable bonds is 5. The number of hydrogen-bond acceptors (Lipinski definition) is 6. The summed E-state index contributed by atoms with van der Waals surface area (Å²) < 4.78 is 27.0. The van der Waals surface area contributed by atoms with Crippen molar-refractivity contribution < 1.29 is 13.2 Å². The van der Waals surface area contributed by atoms with Gasteiger partial charge in [-0.2, -0.15) is 9.57 Å². The first-order valence-electron chi connectivity index (χ1n) is 9.85. The number of hydrogen-bond donors (Lipinski definition) is 1. The van der Waals surface area contributed by atoms with Gasteiger partial charge in [-0.25, -0.2) is 13.4 Å². The van der Waals surface area contributed by atoms with Gasteiger partial charge in [-0.15, -0.1) is 11.3 Å². The van der Waals surface area contributed by atoms with Gasteiger partial charge in [0.25, 0.3) is 5.91 Å². The smallest absolute Gasteiger partial charge is 0.257 e. The maximum absolute atomic E-state index is 12.7. The average molecular weight is 453 g/mol. The standard InChI is InChI=1S/C22H20N4O3S2/c23-14-16-4-6-17(7-5-16)20-15-30-22(24-20)25-21(27)18-8-10-19(11-9-18)31(28,29)26-12-2-1-3-13-26/h4-11,15H,1-3,12-13H2,(H,24,25,27). The number of nitrogens with zero attached hydrogens (tertiary/aromatic N) is 3. The van der Waals surface area contributed by atoms with E-state index in [1.54, 1.807) is 24.3 Å². The molecular weight excluding hydrogens is 432 g/mol. The lowest BCUT2D eigenvalue weighted by molar-refractivity contribution is 0.102. The summed E-state index contributed by atoms with van der Waals surface area (Å²) in [4.78, 5) is 17.2. The first-order chi connectivity index (χ1) is 15.0. The van der Waals surface area contributed by atoms with Crippen LogP contribution in [0.2, 0.25) is 0 Å². The molecule has 1 N–H and O–H groups in total. The van der Waals surface area contributed by atoms with E-state index in [4.69, 9.17) is 5.26 Å². The van der Waals surface area contributed by atoms with Gasteiger partial charge in [-0.1, -0.05) is 18.6 Å². The fraction of sp³-hybridized carbons (Fsp3) is 0.227. The molecule has 1 saturated heterocycles. The minimum absolute atomic E-state index is 0.198. The Morgan fingerprint density at radius 3 is 2.35 bits per heavy atom. The van der Waals surface area contributed by atoms with Gasteiger partial charge in [-0.3, -0.25) is 10.1 Å². The van der Waals surface area contributed by atoms with Gasteiger partial charge in [0.05, 0.1) is 22.2 Å². The SMILES string of the molecule is N#Cc1ccc(-c2csc(NC(=O)c3ccc(S(=O)(=O)N4CCCCC4)cc3)n2)cc1. The molecule has 31 heavy (non-hydrogen) atoms.